The van der Waals surface area contributed by atoms with E-state index < -0.39 is 6.10 Å². The van der Waals surface area contributed by atoms with Crippen molar-refractivity contribution in [2.24, 2.45) is 0 Å². The molecule has 0 rings (SSSR count). The fourth-order valence-corrected chi connectivity index (χ4v) is 10.4. The lowest BCUT2D eigenvalue weighted by atomic mass is 10.0. The van der Waals surface area contributed by atoms with Crippen LogP contribution in [0.3, 0.4) is 0 Å². The Morgan fingerprint density at radius 3 is 0.747 bits per heavy atom. The van der Waals surface area contributed by atoms with E-state index in [0.717, 1.165) is 77.0 Å². The van der Waals surface area contributed by atoms with Crippen LogP contribution in [0.1, 0.15) is 380 Å². The van der Waals surface area contributed by atoms with Crippen LogP contribution in [0.4, 0.5) is 0 Å². The molecule has 0 saturated heterocycles. The molecule has 1 atom stereocenters. The van der Waals surface area contributed by atoms with Gasteiger partial charge in [0.2, 0.25) is 0 Å². The van der Waals surface area contributed by atoms with E-state index in [9.17, 15) is 14.4 Å². The zero-order valence-corrected chi connectivity index (χ0v) is 50.8. The summed E-state index contributed by atoms with van der Waals surface area (Å²) in [5.74, 6) is -0.876. The summed E-state index contributed by atoms with van der Waals surface area (Å²) >= 11 is 0. The van der Waals surface area contributed by atoms with Gasteiger partial charge in [-0.05, 0) is 51.4 Å². The number of esters is 3. The number of ether oxygens (including phenoxy) is 3. The highest BCUT2D eigenvalue weighted by Gasteiger charge is 2.19. The van der Waals surface area contributed by atoms with Crippen LogP contribution in [0.25, 0.3) is 0 Å². The van der Waals surface area contributed by atoms with Crippen LogP contribution in [0.15, 0.2) is 24.3 Å². The van der Waals surface area contributed by atoms with Gasteiger partial charge in [0.1, 0.15) is 13.2 Å². The summed E-state index contributed by atoms with van der Waals surface area (Å²) < 4.78 is 16.8. The highest BCUT2D eigenvalue weighted by atomic mass is 16.6. The van der Waals surface area contributed by atoms with Crippen LogP contribution >= 0.6 is 0 Å². The summed E-state index contributed by atoms with van der Waals surface area (Å²) in [6.07, 6.45) is 78.4. The molecule has 6 nitrogen and oxygen atoms in total. The van der Waals surface area contributed by atoms with Gasteiger partial charge in [-0.2, -0.15) is 0 Å². The second-order valence-corrected chi connectivity index (χ2v) is 23.1. The van der Waals surface area contributed by atoms with E-state index in [0.29, 0.717) is 19.3 Å². The molecule has 442 valence electrons. The minimum atomic E-state index is -0.773. The molecule has 0 bridgehead atoms. The Balaban J connectivity index is 3.87. The van der Waals surface area contributed by atoms with E-state index in [4.69, 9.17) is 14.2 Å². The second-order valence-electron chi connectivity index (χ2n) is 23.1. The first-order valence-electron chi connectivity index (χ1n) is 33.8. The highest BCUT2D eigenvalue weighted by molar-refractivity contribution is 5.71. The summed E-state index contributed by atoms with van der Waals surface area (Å²) in [6, 6.07) is 0. The molecule has 75 heavy (non-hydrogen) atoms. The molecule has 0 N–H and O–H groups in total. The molecule has 0 aromatic carbocycles. The van der Waals surface area contributed by atoms with Crippen molar-refractivity contribution in [1.29, 1.82) is 0 Å². The topological polar surface area (TPSA) is 78.9 Å². The fourth-order valence-electron chi connectivity index (χ4n) is 10.4. The van der Waals surface area contributed by atoms with E-state index in [1.807, 2.05) is 0 Å². The zero-order chi connectivity index (χ0) is 54.3. The lowest BCUT2D eigenvalue weighted by molar-refractivity contribution is -0.167. The predicted octanol–water partition coefficient (Wildman–Crippen LogP) is 23.0. The molecular weight excluding hydrogens is 925 g/mol. The predicted molar refractivity (Wildman–Crippen MR) is 326 cm³/mol. The Morgan fingerprint density at radius 1 is 0.267 bits per heavy atom. The van der Waals surface area contributed by atoms with Gasteiger partial charge in [0.05, 0.1) is 0 Å². The number of unbranched alkanes of at least 4 members (excludes halogenated alkanes) is 48. The molecule has 0 amide bonds. The molecule has 0 fully saturated rings. The third-order valence-corrected chi connectivity index (χ3v) is 15.5. The normalized spacial score (nSPS) is 12.1. The standard InChI is InChI=1S/C69H130O6/c1-4-7-10-13-16-18-20-22-24-26-27-28-29-30-31-32-33-34-35-36-37-38-39-40-41-42-43-44-46-47-49-51-53-56-59-62-68(71)74-65-66(64-73-67(70)61-58-55-15-12-9-6-3)75-69(72)63-60-57-54-52-50-48-45-25-23-21-19-17-14-11-8-5-2/h19,21,25,45,66H,4-18,20,22-24,26-44,46-65H2,1-3H3/b21-19-,45-25-. The molecule has 0 saturated carbocycles. The van der Waals surface area contributed by atoms with Crippen molar-refractivity contribution in [3.05, 3.63) is 24.3 Å². The van der Waals surface area contributed by atoms with Crippen LogP contribution in [-0.4, -0.2) is 37.2 Å². The minimum Gasteiger partial charge on any atom is -0.462 e. The lowest BCUT2D eigenvalue weighted by Crippen LogP contribution is -2.30. The summed E-state index contributed by atoms with van der Waals surface area (Å²) in [7, 11) is 0. The molecule has 0 aromatic rings. The van der Waals surface area contributed by atoms with E-state index >= 15 is 0 Å². The van der Waals surface area contributed by atoms with Gasteiger partial charge in [-0.15, -0.1) is 0 Å². The molecule has 0 aromatic heterocycles. The van der Waals surface area contributed by atoms with Crippen LogP contribution in [0.5, 0.6) is 0 Å². The van der Waals surface area contributed by atoms with Crippen molar-refractivity contribution in [1.82, 2.24) is 0 Å². The van der Waals surface area contributed by atoms with E-state index in [-0.39, 0.29) is 31.1 Å². The van der Waals surface area contributed by atoms with Crippen molar-refractivity contribution in [2.75, 3.05) is 13.2 Å². The maximum Gasteiger partial charge on any atom is 0.306 e. The van der Waals surface area contributed by atoms with Crippen molar-refractivity contribution < 1.29 is 28.6 Å². The monoisotopic (exact) mass is 1050 g/mol. The van der Waals surface area contributed by atoms with Crippen molar-refractivity contribution in [3.8, 4) is 0 Å². The van der Waals surface area contributed by atoms with Gasteiger partial charge < -0.3 is 14.2 Å². The first-order valence-corrected chi connectivity index (χ1v) is 33.8. The molecule has 1 unspecified atom stereocenters. The SMILES string of the molecule is CCCCCC/C=C\C/C=C\CCCCCCCC(=O)OC(COC(=O)CCCCCCCC)COC(=O)CCCCCCCCCCCCCCCCCCCCCCCCCCCCCCCCCCCCC. The summed E-state index contributed by atoms with van der Waals surface area (Å²) in [4.78, 5) is 37.9. The largest absolute Gasteiger partial charge is 0.462 e. The Bertz CT molecular complexity index is 1210. The van der Waals surface area contributed by atoms with Gasteiger partial charge in [-0.25, -0.2) is 0 Å². The first-order chi connectivity index (χ1) is 37.0. The van der Waals surface area contributed by atoms with Crippen LogP contribution in [0.2, 0.25) is 0 Å². The number of rotatable bonds is 63. The van der Waals surface area contributed by atoms with E-state index in [2.05, 4.69) is 45.1 Å². The van der Waals surface area contributed by atoms with Crippen LogP contribution in [0, 0.1) is 0 Å². The van der Waals surface area contributed by atoms with Gasteiger partial charge in [0.25, 0.3) is 0 Å². The van der Waals surface area contributed by atoms with Crippen molar-refractivity contribution in [2.45, 2.75) is 386 Å². The van der Waals surface area contributed by atoms with E-state index in [1.165, 1.54) is 263 Å². The van der Waals surface area contributed by atoms with Crippen molar-refractivity contribution in [3.63, 3.8) is 0 Å². The number of carbonyl (C=O) groups is 3. The molecule has 0 heterocycles. The number of hydrogen-bond acceptors (Lipinski definition) is 6. The van der Waals surface area contributed by atoms with Crippen LogP contribution < -0.4 is 0 Å². The lowest BCUT2D eigenvalue weighted by Gasteiger charge is -2.18. The Morgan fingerprint density at radius 2 is 0.480 bits per heavy atom. The summed E-state index contributed by atoms with van der Waals surface area (Å²) in [5.41, 5.74) is 0. The second kappa shape index (κ2) is 64.4. The number of carbonyl (C=O) groups excluding carboxylic acids is 3. The van der Waals surface area contributed by atoms with E-state index in [1.54, 1.807) is 0 Å². The van der Waals surface area contributed by atoms with Crippen molar-refractivity contribution >= 4 is 17.9 Å². The summed E-state index contributed by atoms with van der Waals surface area (Å²) in [6.45, 7) is 6.61. The quantitative estimate of drug-likeness (QED) is 0.0261. The zero-order valence-electron chi connectivity index (χ0n) is 50.8. The first kappa shape index (κ1) is 72.9. The highest BCUT2D eigenvalue weighted by Crippen LogP contribution is 2.19. The fraction of sp³-hybridized carbons (Fsp3) is 0.899. The third kappa shape index (κ3) is 62.6. The molecule has 0 radical (unpaired) electrons. The maximum absolute atomic E-state index is 12.8. The van der Waals surface area contributed by atoms with Gasteiger partial charge in [0.15, 0.2) is 6.10 Å². The Hall–Kier alpha value is -2.11. The summed E-state index contributed by atoms with van der Waals surface area (Å²) in [5, 5.41) is 0. The smallest absolute Gasteiger partial charge is 0.306 e. The van der Waals surface area contributed by atoms with Gasteiger partial charge in [-0.3, -0.25) is 14.4 Å². The maximum atomic E-state index is 12.8. The average molecular weight is 1060 g/mol. The molecular formula is C69H130O6. The molecule has 0 aliphatic heterocycles. The average Bonchev–Trinajstić information content (AvgIpc) is 3.41. The molecule has 0 spiro atoms. The Kier molecular flexibility index (Phi) is 62.6. The molecule has 6 heteroatoms. The third-order valence-electron chi connectivity index (χ3n) is 15.5. The van der Waals surface area contributed by atoms with Gasteiger partial charge in [0, 0.05) is 19.3 Å². The number of hydrogen-bond donors (Lipinski definition) is 0. The minimum absolute atomic E-state index is 0.0726. The molecule has 0 aliphatic carbocycles. The molecule has 0 aliphatic rings. The van der Waals surface area contributed by atoms with Gasteiger partial charge >= 0.3 is 17.9 Å². The van der Waals surface area contributed by atoms with Crippen LogP contribution in [-0.2, 0) is 28.6 Å². The number of allylic oxidation sites excluding steroid dienone is 4. The van der Waals surface area contributed by atoms with Gasteiger partial charge in [-0.1, -0.05) is 334 Å². The Labute approximate surface area is 468 Å².